The molecule has 4 amide bonds. The van der Waals surface area contributed by atoms with Gasteiger partial charge in [0.25, 0.3) is 5.91 Å². The van der Waals surface area contributed by atoms with Gasteiger partial charge in [-0.1, -0.05) is 18.2 Å². The van der Waals surface area contributed by atoms with Gasteiger partial charge in [-0.2, -0.15) is 5.10 Å². The van der Waals surface area contributed by atoms with Crippen LogP contribution in [-0.2, 0) is 16.0 Å². The van der Waals surface area contributed by atoms with Crippen LogP contribution in [0.3, 0.4) is 0 Å². The second-order valence-corrected chi connectivity index (χ2v) is 5.37. The standard InChI is InChI=1S/C16H17N5O3/c22-14(11-20-15(23)9-18-16(20)24)17-7-6-12-8-19-21(10-12)13-4-2-1-3-5-13/h1-5,8,10H,6-7,9,11H2,(H,17,22)(H,18,24). The van der Waals surface area contributed by atoms with E-state index in [1.165, 1.54) is 0 Å². The Morgan fingerprint density at radius 1 is 1.25 bits per heavy atom. The molecule has 0 atom stereocenters. The predicted octanol–water partition coefficient (Wildman–Crippen LogP) is 0.0828. The first kappa shape index (κ1) is 15.7. The second-order valence-electron chi connectivity index (χ2n) is 5.37. The highest BCUT2D eigenvalue weighted by molar-refractivity contribution is 6.04. The van der Waals surface area contributed by atoms with Crippen molar-refractivity contribution in [2.24, 2.45) is 0 Å². The topological polar surface area (TPSA) is 96.3 Å². The molecular formula is C16H17N5O3. The van der Waals surface area contributed by atoms with E-state index in [2.05, 4.69) is 15.7 Å². The van der Waals surface area contributed by atoms with Crippen LogP contribution in [0.2, 0.25) is 0 Å². The Balaban J connectivity index is 1.47. The molecule has 0 bridgehead atoms. The molecule has 2 N–H and O–H groups in total. The number of nitrogens with zero attached hydrogens (tertiary/aromatic N) is 3. The fourth-order valence-corrected chi connectivity index (χ4v) is 2.37. The molecule has 1 aliphatic rings. The zero-order valence-electron chi connectivity index (χ0n) is 12.9. The minimum absolute atomic E-state index is 0.0508. The van der Waals surface area contributed by atoms with Crippen LogP contribution in [0.25, 0.3) is 5.69 Å². The largest absolute Gasteiger partial charge is 0.354 e. The molecule has 24 heavy (non-hydrogen) atoms. The molecule has 0 spiro atoms. The fourth-order valence-electron chi connectivity index (χ4n) is 2.37. The Bertz CT molecular complexity index is 740. The third kappa shape index (κ3) is 3.60. The number of aromatic nitrogens is 2. The lowest BCUT2D eigenvalue weighted by Crippen LogP contribution is -2.41. The van der Waals surface area contributed by atoms with Gasteiger partial charge < -0.3 is 10.6 Å². The van der Waals surface area contributed by atoms with E-state index in [9.17, 15) is 14.4 Å². The molecule has 1 fully saturated rings. The summed E-state index contributed by atoms with van der Waals surface area (Å²) in [4.78, 5) is 35.5. The van der Waals surface area contributed by atoms with Crippen LogP contribution in [0.5, 0.6) is 0 Å². The van der Waals surface area contributed by atoms with Gasteiger partial charge in [0.05, 0.1) is 18.4 Å². The summed E-state index contributed by atoms with van der Waals surface area (Å²) in [5, 5.41) is 9.36. The zero-order valence-corrected chi connectivity index (χ0v) is 12.9. The molecule has 2 aromatic rings. The molecule has 1 aliphatic heterocycles. The fraction of sp³-hybridized carbons (Fsp3) is 0.250. The smallest absolute Gasteiger partial charge is 0.325 e. The maximum Gasteiger partial charge on any atom is 0.325 e. The second kappa shape index (κ2) is 6.95. The van der Waals surface area contributed by atoms with Crippen molar-refractivity contribution < 1.29 is 14.4 Å². The van der Waals surface area contributed by atoms with Gasteiger partial charge in [-0.05, 0) is 24.1 Å². The van der Waals surface area contributed by atoms with E-state index in [-0.39, 0.29) is 24.9 Å². The summed E-state index contributed by atoms with van der Waals surface area (Å²) in [6.07, 6.45) is 4.26. The number of benzene rings is 1. The summed E-state index contributed by atoms with van der Waals surface area (Å²) in [7, 11) is 0. The molecule has 1 aromatic carbocycles. The van der Waals surface area contributed by atoms with Gasteiger partial charge in [-0.25, -0.2) is 9.48 Å². The number of para-hydroxylation sites is 1. The minimum Gasteiger partial charge on any atom is -0.354 e. The molecule has 0 unspecified atom stereocenters. The number of hydrogen-bond acceptors (Lipinski definition) is 4. The highest BCUT2D eigenvalue weighted by Gasteiger charge is 2.29. The van der Waals surface area contributed by atoms with Crippen LogP contribution in [0.15, 0.2) is 42.7 Å². The maximum atomic E-state index is 11.8. The number of amides is 4. The first-order chi connectivity index (χ1) is 11.6. The van der Waals surface area contributed by atoms with Crippen LogP contribution in [0.1, 0.15) is 5.56 Å². The van der Waals surface area contributed by atoms with Crippen molar-refractivity contribution in [1.82, 2.24) is 25.3 Å². The van der Waals surface area contributed by atoms with Gasteiger partial charge in [0.1, 0.15) is 6.54 Å². The average molecular weight is 327 g/mol. The number of carbonyl (C=O) groups excluding carboxylic acids is 3. The van der Waals surface area contributed by atoms with Crippen LogP contribution in [-0.4, -0.2) is 52.2 Å². The summed E-state index contributed by atoms with van der Waals surface area (Å²) >= 11 is 0. The Morgan fingerprint density at radius 2 is 2.04 bits per heavy atom. The summed E-state index contributed by atoms with van der Waals surface area (Å²) in [5.74, 6) is -0.755. The molecule has 1 saturated heterocycles. The first-order valence-corrected chi connectivity index (χ1v) is 7.57. The minimum atomic E-state index is -0.528. The Morgan fingerprint density at radius 3 is 2.75 bits per heavy atom. The predicted molar refractivity (Wildman–Crippen MR) is 85.4 cm³/mol. The van der Waals surface area contributed by atoms with Crippen molar-refractivity contribution in [2.75, 3.05) is 19.6 Å². The lowest BCUT2D eigenvalue weighted by molar-refractivity contribution is -0.130. The van der Waals surface area contributed by atoms with Gasteiger partial charge in [0.2, 0.25) is 5.91 Å². The van der Waals surface area contributed by atoms with E-state index < -0.39 is 6.03 Å². The average Bonchev–Trinajstić information content (AvgIpc) is 3.18. The quantitative estimate of drug-likeness (QED) is 0.735. The summed E-state index contributed by atoms with van der Waals surface area (Å²) in [5.41, 5.74) is 1.94. The van der Waals surface area contributed by atoms with Crippen molar-refractivity contribution in [2.45, 2.75) is 6.42 Å². The molecule has 0 saturated carbocycles. The van der Waals surface area contributed by atoms with E-state index in [4.69, 9.17) is 0 Å². The third-order valence-corrected chi connectivity index (χ3v) is 3.63. The van der Waals surface area contributed by atoms with Crippen LogP contribution in [0, 0.1) is 0 Å². The Labute approximate surface area is 138 Å². The highest BCUT2D eigenvalue weighted by atomic mass is 16.2. The Kier molecular flexibility index (Phi) is 4.55. The van der Waals surface area contributed by atoms with E-state index in [0.717, 1.165) is 16.2 Å². The van der Waals surface area contributed by atoms with E-state index in [0.29, 0.717) is 13.0 Å². The first-order valence-electron chi connectivity index (χ1n) is 7.57. The summed E-state index contributed by atoms with van der Waals surface area (Å²) in [6.45, 7) is 0.0989. The van der Waals surface area contributed by atoms with Crippen LogP contribution >= 0.6 is 0 Å². The molecular weight excluding hydrogens is 310 g/mol. The van der Waals surface area contributed by atoms with E-state index in [1.54, 1.807) is 10.9 Å². The van der Waals surface area contributed by atoms with E-state index >= 15 is 0 Å². The molecule has 8 heteroatoms. The van der Waals surface area contributed by atoms with Crippen molar-refractivity contribution in [3.05, 3.63) is 48.3 Å². The molecule has 3 rings (SSSR count). The molecule has 0 aliphatic carbocycles. The normalized spacial score (nSPS) is 13.9. The SMILES string of the molecule is O=C(CN1C(=O)CNC1=O)NCCc1cnn(-c2ccccc2)c1. The Hall–Kier alpha value is -3.16. The lowest BCUT2D eigenvalue weighted by Gasteiger charge is -2.11. The van der Waals surface area contributed by atoms with Crippen molar-refractivity contribution >= 4 is 17.8 Å². The van der Waals surface area contributed by atoms with Gasteiger partial charge in [-0.15, -0.1) is 0 Å². The van der Waals surface area contributed by atoms with Crippen LogP contribution < -0.4 is 10.6 Å². The van der Waals surface area contributed by atoms with Crippen LogP contribution in [0.4, 0.5) is 4.79 Å². The number of nitrogens with one attached hydrogen (secondary N) is 2. The summed E-state index contributed by atoms with van der Waals surface area (Å²) < 4.78 is 1.77. The zero-order chi connectivity index (χ0) is 16.9. The van der Waals surface area contributed by atoms with Crippen molar-refractivity contribution in [3.63, 3.8) is 0 Å². The molecule has 0 radical (unpaired) electrons. The number of imide groups is 1. The maximum absolute atomic E-state index is 11.8. The van der Waals surface area contributed by atoms with Gasteiger partial charge in [0, 0.05) is 12.7 Å². The third-order valence-electron chi connectivity index (χ3n) is 3.63. The number of urea groups is 1. The van der Waals surface area contributed by atoms with Gasteiger partial charge in [0.15, 0.2) is 0 Å². The summed E-state index contributed by atoms with van der Waals surface area (Å²) in [6, 6.07) is 9.20. The lowest BCUT2D eigenvalue weighted by atomic mass is 10.2. The molecule has 8 nitrogen and oxygen atoms in total. The monoisotopic (exact) mass is 327 g/mol. The molecule has 1 aromatic heterocycles. The van der Waals surface area contributed by atoms with Crippen molar-refractivity contribution in [3.8, 4) is 5.69 Å². The van der Waals surface area contributed by atoms with Crippen molar-refractivity contribution in [1.29, 1.82) is 0 Å². The number of rotatable bonds is 6. The molecule has 124 valence electrons. The van der Waals surface area contributed by atoms with Gasteiger partial charge in [-0.3, -0.25) is 14.5 Å². The number of hydrogen-bond donors (Lipinski definition) is 2. The number of carbonyl (C=O) groups is 3. The molecule has 2 heterocycles. The highest BCUT2D eigenvalue weighted by Crippen LogP contribution is 2.07. The van der Waals surface area contributed by atoms with Gasteiger partial charge >= 0.3 is 6.03 Å². The van der Waals surface area contributed by atoms with E-state index in [1.807, 2.05) is 36.5 Å².